The van der Waals surface area contributed by atoms with Crippen LogP contribution < -0.4 is 0 Å². The summed E-state index contributed by atoms with van der Waals surface area (Å²) in [6.07, 6.45) is 5.99. The Kier molecular flexibility index (Phi) is 3.71. The monoisotopic (exact) mass is 180 g/mol. The summed E-state index contributed by atoms with van der Waals surface area (Å²) >= 11 is 0. The first-order chi connectivity index (χ1) is 6.13. The lowest BCUT2D eigenvalue weighted by atomic mass is 9.92. The van der Waals surface area contributed by atoms with Crippen molar-refractivity contribution in [2.75, 3.05) is 0 Å². The molecule has 1 saturated carbocycles. The van der Waals surface area contributed by atoms with Crippen LogP contribution in [0.3, 0.4) is 0 Å². The Labute approximate surface area is 81.2 Å². The molecule has 74 valence electrons. The molecule has 0 spiro atoms. The SMILES string of the molecule is C=CC(=O)CC1CCC(C(C)C)C1. The van der Waals surface area contributed by atoms with Crippen LogP contribution in [-0.2, 0) is 4.79 Å². The molecule has 0 N–H and O–H groups in total. The molecule has 1 rings (SSSR count). The Morgan fingerprint density at radius 1 is 1.54 bits per heavy atom. The lowest BCUT2D eigenvalue weighted by Crippen LogP contribution is -2.06. The van der Waals surface area contributed by atoms with E-state index in [9.17, 15) is 4.79 Å². The zero-order valence-corrected chi connectivity index (χ0v) is 8.75. The Hall–Kier alpha value is -0.590. The van der Waals surface area contributed by atoms with Gasteiger partial charge < -0.3 is 0 Å². The molecule has 0 bridgehead atoms. The zero-order chi connectivity index (χ0) is 9.84. The van der Waals surface area contributed by atoms with Crippen molar-refractivity contribution in [3.63, 3.8) is 0 Å². The lowest BCUT2D eigenvalue weighted by molar-refractivity contribution is -0.115. The maximum atomic E-state index is 11.1. The quantitative estimate of drug-likeness (QED) is 0.607. The Morgan fingerprint density at radius 3 is 2.69 bits per heavy atom. The van der Waals surface area contributed by atoms with Crippen molar-refractivity contribution in [3.8, 4) is 0 Å². The molecule has 1 heteroatoms. The maximum absolute atomic E-state index is 11.1. The second-order valence-corrected chi connectivity index (χ2v) is 4.56. The summed E-state index contributed by atoms with van der Waals surface area (Å²) in [5, 5.41) is 0. The van der Waals surface area contributed by atoms with Gasteiger partial charge in [-0.1, -0.05) is 20.4 Å². The average Bonchev–Trinajstić information content (AvgIpc) is 2.52. The van der Waals surface area contributed by atoms with Crippen LogP contribution in [0, 0.1) is 17.8 Å². The van der Waals surface area contributed by atoms with Gasteiger partial charge in [0, 0.05) is 6.42 Å². The summed E-state index contributed by atoms with van der Waals surface area (Å²) in [6.45, 7) is 8.07. The molecule has 2 atom stereocenters. The van der Waals surface area contributed by atoms with Gasteiger partial charge in [0.05, 0.1) is 0 Å². The van der Waals surface area contributed by atoms with E-state index < -0.39 is 0 Å². The van der Waals surface area contributed by atoms with Crippen LogP contribution in [0.4, 0.5) is 0 Å². The Morgan fingerprint density at radius 2 is 2.23 bits per heavy atom. The predicted molar refractivity (Wildman–Crippen MR) is 55.5 cm³/mol. The number of ketones is 1. The maximum Gasteiger partial charge on any atom is 0.155 e. The van der Waals surface area contributed by atoms with Crippen molar-refractivity contribution in [1.82, 2.24) is 0 Å². The van der Waals surface area contributed by atoms with E-state index in [0.717, 1.165) is 18.3 Å². The summed E-state index contributed by atoms with van der Waals surface area (Å²) in [6, 6.07) is 0. The largest absolute Gasteiger partial charge is 0.295 e. The van der Waals surface area contributed by atoms with Crippen LogP contribution in [-0.4, -0.2) is 5.78 Å². The molecule has 13 heavy (non-hydrogen) atoms. The second-order valence-electron chi connectivity index (χ2n) is 4.56. The number of hydrogen-bond donors (Lipinski definition) is 0. The molecule has 0 heterocycles. The van der Waals surface area contributed by atoms with Gasteiger partial charge in [0.1, 0.15) is 0 Å². The highest BCUT2D eigenvalue weighted by Gasteiger charge is 2.27. The number of hydrogen-bond acceptors (Lipinski definition) is 1. The molecule has 1 aliphatic rings. The number of carbonyl (C=O) groups excluding carboxylic acids is 1. The highest BCUT2D eigenvalue weighted by molar-refractivity contribution is 5.89. The van der Waals surface area contributed by atoms with Gasteiger partial charge in [-0.05, 0) is 43.1 Å². The molecule has 0 aliphatic heterocycles. The van der Waals surface area contributed by atoms with Gasteiger partial charge >= 0.3 is 0 Å². The minimum atomic E-state index is 0.217. The Balaban J connectivity index is 2.33. The average molecular weight is 180 g/mol. The van der Waals surface area contributed by atoms with Gasteiger partial charge in [0.2, 0.25) is 0 Å². The fraction of sp³-hybridized carbons (Fsp3) is 0.750. The molecule has 1 aliphatic carbocycles. The van der Waals surface area contributed by atoms with Gasteiger partial charge in [0.15, 0.2) is 5.78 Å². The van der Waals surface area contributed by atoms with Crippen LogP contribution >= 0.6 is 0 Å². The second kappa shape index (κ2) is 4.59. The smallest absolute Gasteiger partial charge is 0.155 e. The van der Waals surface area contributed by atoms with E-state index in [1.54, 1.807) is 0 Å². The standard InChI is InChI=1S/C12H20O/c1-4-12(13)8-10-5-6-11(7-10)9(2)3/h4,9-11H,1,5-8H2,2-3H3. The normalized spacial score (nSPS) is 27.9. The minimum absolute atomic E-state index is 0.217. The summed E-state index contributed by atoms with van der Waals surface area (Å²) in [5.74, 6) is 2.48. The molecule has 0 aromatic heterocycles. The van der Waals surface area contributed by atoms with Crippen molar-refractivity contribution in [2.45, 2.75) is 39.5 Å². The van der Waals surface area contributed by atoms with Crippen molar-refractivity contribution in [2.24, 2.45) is 17.8 Å². The molecule has 0 radical (unpaired) electrons. The fourth-order valence-electron chi connectivity index (χ4n) is 2.27. The first-order valence-corrected chi connectivity index (χ1v) is 5.28. The molecular formula is C12H20O. The topological polar surface area (TPSA) is 17.1 Å². The summed E-state index contributed by atoms with van der Waals surface area (Å²) < 4.78 is 0. The molecule has 1 fully saturated rings. The summed E-state index contributed by atoms with van der Waals surface area (Å²) in [4.78, 5) is 11.1. The minimum Gasteiger partial charge on any atom is -0.295 e. The van der Waals surface area contributed by atoms with Crippen molar-refractivity contribution < 1.29 is 4.79 Å². The van der Waals surface area contributed by atoms with Gasteiger partial charge in [-0.15, -0.1) is 0 Å². The van der Waals surface area contributed by atoms with Crippen LogP contribution in [0.15, 0.2) is 12.7 Å². The third-order valence-corrected chi connectivity index (χ3v) is 3.24. The molecule has 0 saturated heterocycles. The van der Waals surface area contributed by atoms with Crippen molar-refractivity contribution >= 4 is 5.78 Å². The highest BCUT2D eigenvalue weighted by atomic mass is 16.1. The van der Waals surface area contributed by atoms with E-state index >= 15 is 0 Å². The van der Waals surface area contributed by atoms with Crippen LogP contribution in [0.2, 0.25) is 0 Å². The first-order valence-electron chi connectivity index (χ1n) is 5.28. The van der Waals surface area contributed by atoms with E-state index in [2.05, 4.69) is 20.4 Å². The van der Waals surface area contributed by atoms with Crippen LogP contribution in [0.25, 0.3) is 0 Å². The number of rotatable bonds is 4. The van der Waals surface area contributed by atoms with E-state index in [4.69, 9.17) is 0 Å². The number of allylic oxidation sites excluding steroid dienone is 1. The highest BCUT2D eigenvalue weighted by Crippen LogP contribution is 2.37. The first kappa shape index (κ1) is 10.5. The molecule has 2 unspecified atom stereocenters. The lowest BCUT2D eigenvalue weighted by Gasteiger charge is -2.13. The van der Waals surface area contributed by atoms with Gasteiger partial charge in [-0.3, -0.25) is 4.79 Å². The molecule has 1 nitrogen and oxygen atoms in total. The van der Waals surface area contributed by atoms with E-state index in [1.807, 2.05) is 0 Å². The molecule has 0 aromatic carbocycles. The molecular weight excluding hydrogens is 160 g/mol. The van der Waals surface area contributed by atoms with Crippen LogP contribution in [0.1, 0.15) is 39.5 Å². The van der Waals surface area contributed by atoms with E-state index in [-0.39, 0.29) is 5.78 Å². The van der Waals surface area contributed by atoms with Crippen LogP contribution in [0.5, 0.6) is 0 Å². The Bertz CT molecular complexity index is 193. The molecule has 0 aromatic rings. The third kappa shape index (κ3) is 2.98. The van der Waals surface area contributed by atoms with E-state index in [0.29, 0.717) is 5.92 Å². The summed E-state index contributed by atoms with van der Waals surface area (Å²) in [7, 11) is 0. The molecule has 0 amide bonds. The van der Waals surface area contributed by atoms with E-state index in [1.165, 1.54) is 25.3 Å². The van der Waals surface area contributed by atoms with Gasteiger partial charge in [0.25, 0.3) is 0 Å². The number of carbonyl (C=O) groups is 1. The van der Waals surface area contributed by atoms with Crippen molar-refractivity contribution in [3.05, 3.63) is 12.7 Å². The zero-order valence-electron chi connectivity index (χ0n) is 8.75. The van der Waals surface area contributed by atoms with Crippen molar-refractivity contribution in [1.29, 1.82) is 0 Å². The van der Waals surface area contributed by atoms with Gasteiger partial charge in [-0.2, -0.15) is 0 Å². The summed E-state index contributed by atoms with van der Waals surface area (Å²) in [5.41, 5.74) is 0. The third-order valence-electron chi connectivity index (χ3n) is 3.24. The predicted octanol–water partition coefficient (Wildman–Crippen LogP) is 3.20. The fourth-order valence-corrected chi connectivity index (χ4v) is 2.27. The van der Waals surface area contributed by atoms with Gasteiger partial charge in [-0.25, -0.2) is 0 Å².